The third kappa shape index (κ3) is 3.46. The maximum atomic E-state index is 4.35. The number of aromatic amines is 1. The van der Waals surface area contributed by atoms with Gasteiger partial charge in [-0.1, -0.05) is 11.8 Å². The average Bonchev–Trinajstić information content (AvgIpc) is 3.25. The standard InChI is InChI=1S/C17H22N6S/c1-4-23(5-2)15-8-6-13(7-9-15)16-20-21-17(22(16)3)24-12-14-10-11-18-19-14/h6-11H,4-5,12H2,1-3H3,(H,18,19). The second kappa shape index (κ2) is 7.53. The summed E-state index contributed by atoms with van der Waals surface area (Å²) in [5, 5.41) is 16.5. The molecule has 0 saturated carbocycles. The molecule has 3 aromatic rings. The first-order valence-corrected chi connectivity index (χ1v) is 9.07. The lowest BCUT2D eigenvalue weighted by Gasteiger charge is -2.21. The smallest absolute Gasteiger partial charge is 0.191 e. The van der Waals surface area contributed by atoms with Crippen molar-refractivity contribution in [2.24, 2.45) is 7.05 Å². The van der Waals surface area contributed by atoms with Crippen molar-refractivity contribution in [1.29, 1.82) is 0 Å². The molecule has 126 valence electrons. The Hall–Kier alpha value is -2.28. The lowest BCUT2D eigenvalue weighted by molar-refractivity contribution is 0.793. The minimum atomic E-state index is 0.798. The van der Waals surface area contributed by atoms with Gasteiger partial charge in [-0.3, -0.25) is 5.10 Å². The summed E-state index contributed by atoms with van der Waals surface area (Å²) >= 11 is 1.65. The van der Waals surface area contributed by atoms with Crippen LogP contribution in [0.5, 0.6) is 0 Å². The number of thioether (sulfide) groups is 1. The SMILES string of the molecule is CCN(CC)c1ccc(-c2nnc(SCc3ccn[nH]3)n2C)cc1. The number of rotatable bonds is 7. The molecule has 0 saturated heterocycles. The molecule has 0 spiro atoms. The van der Waals surface area contributed by atoms with Gasteiger partial charge in [0, 0.05) is 49.0 Å². The average molecular weight is 342 g/mol. The molecule has 0 unspecified atom stereocenters. The number of H-pyrrole nitrogens is 1. The Kier molecular flexibility index (Phi) is 5.20. The minimum absolute atomic E-state index is 0.798. The van der Waals surface area contributed by atoms with E-state index in [9.17, 15) is 0 Å². The molecule has 0 aliphatic rings. The molecular formula is C17H22N6S. The van der Waals surface area contributed by atoms with Crippen molar-refractivity contribution in [3.8, 4) is 11.4 Å². The van der Waals surface area contributed by atoms with Crippen LogP contribution in [0.2, 0.25) is 0 Å². The predicted molar refractivity (Wildman–Crippen MR) is 98.1 cm³/mol. The second-order valence-electron chi connectivity index (χ2n) is 5.45. The van der Waals surface area contributed by atoms with E-state index in [0.717, 1.165) is 41.1 Å². The van der Waals surface area contributed by atoms with E-state index in [2.05, 4.69) is 63.4 Å². The Morgan fingerprint density at radius 1 is 1.08 bits per heavy atom. The van der Waals surface area contributed by atoms with Crippen LogP contribution in [0.4, 0.5) is 5.69 Å². The summed E-state index contributed by atoms with van der Waals surface area (Å²) in [6.07, 6.45) is 1.76. The highest BCUT2D eigenvalue weighted by atomic mass is 32.2. The summed E-state index contributed by atoms with van der Waals surface area (Å²) < 4.78 is 2.04. The fourth-order valence-electron chi connectivity index (χ4n) is 2.61. The summed E-state index contributed by atoms with van der Waals surface area (Å²) in [5.74, 6) is 1.68. The predicted octanol–water partition coefficient (Wildman–Crippen LogP) is 3.34. The lowest BCUT2D eigenvalue weighted by atomic mass is 10.2. The maximum absolute atomic E-state index is 4.35. The highest BCUT2D eigenvalue weighted by Gasteiger charge is 2.12. The summed E-state index contributed by atoms with van der Waals surface area (Å²) in [7, 11) is 2.00. The molecule has 1 aromatic carbocycles. The Bertz CT molecular complexity index is 759. The maximum Gasteiger partial charge on any atom is 0.191 e. The van der Waals surface area contributed by atoms with E-state index >= 15 is 0 Å². The molecule has 3 rings (SSSR count). The van der Waals surface area contributed by atoms with E-state index in [-0.39, 0.29) is 0 Å². The molecule has 24 heavy (non-hydrogen) atoms. The van der Waals surface area contributed by atoms with Crippen molar-refractivity contribution in [2.45, 2.75) is 24.8 Å². The van der Waals surface area contributed by atoms with Crippen LogP contribution in [-0.4, -0.2) is 38.1 Å². The van der Waals surface area contributed by atoms with Crippen molar-refractivity contribution in [3.05, 3.63) is 42.2 Å². The molecule has 0 fully saturated rings. The third-order valence-corrected chi connectivity index (χ3v) is 5.07. The largest absolute Gasteiger partial charge is 0.372 e. The Morgan fingerprint density at radius 2 is 1.83 bits per heavy atom. The van der Waals surface area contributed by atoms with Gasteiger partial charge < -0.3 is 9.47 Å². The van der Waals surface area contributed by atoms with Crippen LogP contribution < -0.4 is 4.90 Å². The molecule has 2 aromatic heterocycles. The zero-order valence-electron chi connectivity index (χ0n) is 14.2. The van der Waals surface area contributed by atoms with E-state index in [1.54, 1.807) is 18.0 Å². The topological polar surface area (TPSA) is 62.6 Å². The van der Waals surface area contributed by atoms with Gasteiger partial charge in [-0.05, 0) is 44.2 Å². The zero-order valence-corrected chi connectivity index (χ0v) is 15.0. The number of anilines is 1. The summed E-state index contributed by atoms with van der Waals surface area (Å²) in [5.41, 5.74) is 3.39. The van der Waals surface area contributed by atoms with Crippen molar-refractivity contribution in [3.63, 3.8) is 0 Å². The van der Waals surface area contributed by atoms with E-state index in [4.69, 9.17) is 0 Å². The van der Waals surface area contributed by atoms with Gasteiger partial charge in [0.15, 0.2) is 11.0 Å². The van der Waals surface area contributed by atoms with Gasteiger partial charge in [0.2, 0.25) is 0 Å². The van der Waals surface area contributed by atoms with Gasteiger partial charge in [-0.15, -0.1) is 10.2 Å². The molecule has 1 N–H and O–H groups in total. The van der Waals surface area contributed by atoms with Gasteiger partial charge >= 0.3 is 0 Å². The van der Waals surface area contributed by atoms with Crippen molar-refractivity contribution in [2.75, 3.05) is 18.0 Å². The van der Waals surface area contributed by atoms with Crippen molar-refractivity contribution < 1.29 is 0 Å². The van der Waals surface area contributed by atoms with E-state index in [1.165, 1.54) is 5.69 Å². The molecule has 6 nitrogen and oxygen atoms in total. The van der Waals surface area contributed by atoms with E-state index in [1.807, 2.05) is 17.7 Å². The van der Waals surface area contributed by atoms with Crippen LogP contribution >= 0.6 is 11.8 Å². The van der Waals surface area contributed by atoms with Crippen LogP contribution in [0.25, 0.3) is 11.4 Å². The van der Waals surface area contributed by atoms with Gasteiger partial charge in [0.05, 0.1) is 0 Å². The highest BCUT2D eigenvalue weighted by Crippen LogP contribution is 2.26. The minimum Gasteiger partial charge on any atom is -0.372 e. The van der Waals surface area contributed by atoms with Gasteiger partial charge in [0.25, 0.3) is 0 Å². The monoisotopic (exact) mass is 342 g/mol. The Labute approximate surface area is 146 Å². The molecule has 0 radical (unpaired) electrons. The van der Waals surface area contributed by atoms with Gasteiger partial charge in [-0.2, -0.15) is 5.10 Å². The molecule has 0 aliphatic heterocycles. The van der Waals surface area contributed by atoms with Crippen LogP contribution in [0.3, 0.4) is 0 Å². The second-order valence-corrected chi connectivity index (χ2v) is 6.40. The summed E-state index contributed by atoms with van der Waals surface area (Å²) in [4.78, 5) is 2.33. The zero-order chi connectivity index (χ0) is 16.9. The number of benzene rings is 1. The fourth-order valence-corrected chi connectivity index (χ4v) is 3.43. The molecule has 7 heteroatoms. The summed E-state index contributed by atoms with van der Waals surface area (Å²) in [6.45, 7) is 6.36. The first-order chi connectivity index (χ1) is 11.7. The number of aromatic nitrogens is 5. The number of hydrogen-bond donors (Lipinski definition) is 1. The Balaban J connectivity index is 1.75. The van der Waals surface area contributed by atoms with E-state index in [0.29, 0.717) is 0 Å². The van der Waals surface area contributed by atoms with Gasteiger partial charge in [-0.25, -0.2) is 0 Å². The fraction of sp³-hybridized carbons (Fsp3) is 0.353. The lowest BCUT2D eigenvalue weighted by Crippen LogP contribution is -2.21. The van der Waals surface area contributed by atoms with Crippen LogP contribution in [0, 0.1) is 0 Å². The van der Waals surface area contributed by atoms with Gasteiger partial charge in [0.1, 0.15) is 0 Å². The highest BCUT2D eigenvalue weighted by molar-refractivity contribution is 7.98. The molecule has 0 amide bonds. The molecule has 0 bridgehead atoms. The normalized spacial score (nSPS) is 11.0. The number of nitrogens with zero attached hydrogens (tertiary/aromatic N) is 5. The first-order valence-electron chi connectivity index (χ1n) is 8.08. The Morgan fingerprint density at radius 3 is 2.46 bits per heavy atom. The number of nitrogens with one attached hydrogen (secondary N) is 1. The summed E-state index contributed by atoms with van der Waals surface area (Å²) in [6, 6.07) is 10.5. The van der Waals surface area contributed by atoms with Crippen molar-refractivity contribution >= 4 is 17.4 Å². The van der Waals surface area contributed by atoms with Crippen LogP contribution in [0.1, 0.15) is 19.5 Å². The van der Waals surface area contributed by atoms with Crippen LogP contribution in [0.15, 0.2) is 41.7 Å². The number of hydrogen-bond acceptors (Lipinski definition) is 5. The molecule has 2 heterocycles. The first kappa shape index (κ1) is 16.6. The third-order valence-electron chi connectivity index (χ3n) is 4.00. The quantitative estimate of drug-likeness (QED) is 0.667. The molecule has 0 aliphatic carbocycles. The molecule has 0 atom stereocenters. The van der Waals surface area contributed by atoms with Crippen molar-refractivity contribution in [1.82, 2.24) is 25.0 Å². The van der Waals surface area contributed by atoms with E-state index < -0.39 is 0 Å². The molecular weight excluding hydrogens is 320 g/mol. The van der Waals surface area contributed by atoms with Crippen LogP contribution in [-0.2, 0) is 12.8 Å².